The van der Waals surface area contributed by atoms with Gasteiger partial charge < -0.3 is 14.4 Å². The lowest BCUT2D eigenvalue weighted by atomic mass is 10.0. The fraction of sp³-hybridized carbons (Fsp3) is 0.692. The third-order valence-corrected chi connectivity index (χ3v) is 3.79. The van der Waals surface area contributed by atoms with E-state index in [2.05, 4.69) is 9.97 Å². The van der Waals surface area contributed by atoms with E-state index in [-0.39, 0.29) is 11.4 Å². The smallest absolute Gasteiger partial charge is 0.187 e. The van der Waals surface area contributed by atoms with Crippen LogP contribution in [0.3, 0.4) is 0 Å². The first-order chi connectivity index (χ1) is 9.24. The molecule has 1 unspecified atom stereocenters. The Bertz CT molecular complexity index is 463. The molecule has 1 aromatic heterocycles. The number of anilines is 1. The van der Waals surface area contributed by atoms with Crippen molar-refractivity contribution in [1.29, 1.82) is 0 Å². The number of rotatable bonds is 2. The van der Waals surface area contributed by atoms with E-state index in [1.807, 2.05) is 11.8 Å². The summed E-state index contributed by atoms with van der Waals surface area (Å²) in [4.78, 5) is 10.0. The predicted octanol–water partition coefficient (Wildman–Crippen LogP) is 1.17. The van der Waals surface area contributed by atoms with E-state index in [0.29, 0.717) is 50.8 Å². The van der Waals surface area contributed by atoms with Crippen LogP contribution < -0.4 is 4.90 Å². The van der Waals surface area contributed by atoms with E-state index >= 15 is 0 Å². The highest BCUT2D eigenvalue weighted by atomic mass is 19.1. The van der Waals surface area contributed by atoms with Gasteiger partial charge in [-0.2, -0.15) is 0 Å². The molecule has 3 rings (SSSR count). The van der Waals surface area contributed by atoms with Gasteiger partial charge in [0.1, 0.15) is 11.9 Å². The average molecular weight is 267 g/mol. The zero-order chi connectivity index (χ0) is 13.3. The van der Waals surface area contributed by atoms with Gasteiger partial charge in [0, 0.05) is 19.6 Å². The molecule has 19 heavy (non-hydrogen) atoms. The van der Waals surface area contributed by atoms with Gasteiger partial charge in [0.2, 0.25) is 0 Å². The summed E-state index contributed by atoms with van der Waals surface area (Å²) in [5.74, 6) is 0.0855. The summed E-state index contributed by atoms with van der Waals surface area (Å²) in [5.41, 5.74) is 0.176. The molecule has 6 heteroatoms. The minimum Gasteiger partial charge on any atom is -0.378 e. The van der Waals surface area contributed by atoms with Gasteiger partial charge in [0.15, 0.2) is 11.6 Å². The number of morpholine rings is 1. The second-order valence-electron chi connectivity index (χ2n) is 5.07. The molecule has 0 N–H and O–H groups in total. The molecule has 0 saturated carbocycles. The highest BCUT2D eigenvalue weighted by Gasteiger charge is 2.41. The molecule has 1 spiro atoms. The van der Waals surface area contributed by atoms with Gasteiger partial charge in [-0.05, 0) is 6.42 Å². The van der Waals surface area contributed by atoms with Crippen LogP contribution in [0.5, 0.6) is 0 Å². The summed E-state index contributed by atoms with van der Waals surface area (Å²) in [6.45, 7) is 5.04. The quantitative estimate of drug-likeness (QED) is 0.805. The van der Waals surface area contributed by atoms with Gasteiger partial charge in [-0.3, -0.25) is 0 Å². The van der Waals surface area contributed by atoms with E-state index in [1.165, 1.54) is 6.33 Å². The van der Waals surface area contributed by atoms with Crippen LogP contribution in [-0.2, 0) is 15.9 Å². The fourth-order valence-corrected chi connectivity index (χ4v) is 2.72. The molecule has 0 bridgehead atoms. The normalized spacial score (nSPS) is 27.2. The highest BCUT2D eigenvalue weighted by molar-refractivity contribution is 5.42. The fourth-order valence-electron chi connectivity index (χ4n) is 2.72. The topological polar surface area (TPSA) is 47.5 Å². The lowest BCUT2D eigenvalue weighted by molar-refractivity contribution is -0.0582. The van der Waals surface area contributed by atoms with E-state index < -0.39 is 0 Å². The lowest BCUT2D eigenvalue weighted by Crippen LogP contribution is -2.53. The van der Waals surface area contributed by atoms with Crippen molar-refractivity contribution in [1.82, 2.24) is 9.97 Å². The van der Waals surface area contributed by atoms with E-state index in [4.69, 9.17) is 9.47 Å². The number of aryl methyl sites for hydroxylation is 1. The van der Waals surface area contributed by atoms with Crippen molar-refractivity contribution >= 4 is 5.82 Å². The van der Waals surface area contributed by atoms with Crippen molar-refractivity contribution in [2.75, 3.05) is 37.8 Å². The van der Waals surface area contributed by atoms with Crippen LogP contribution in [0.4, 0.5) is 10.2 Å². The minimum atomic E-state index is -0.305. The molecule has 1 atom stereocenters. The largest absolute Gasteiger partial charge is 0.378 e. The Morgan fingerprint density at radius 3 is 3.05 bits per heavy atom. The van der Waals surface area contributed by atoms with Crippen molar-refractivity contribution in [3.8, 4) is 0 Å². The Morgan fingerprint density at radius 1 is 1.42 bits per heavy atom. The van der Waals surface area contributed by atoms with Crippen LogP contribution in [0.15, 0.2) is 6.33 Å². The average Bonchev–Trinajstić information content (AvgIpc) is 2.87. The first kappa shape index (κ1) is 12.7. The highest BCUT2D eigenvalue weighted by Crippen LogP contribution is 2.30. The third kappa shape index (κ3) is 2.30. The maximum absolute atomic E-state index is 14.3. The SMILES string of the molecule is CCc1ncnc(N2CCOC3(CCOC3)C2)c1F. The summed E-state index contributed by atoms with van der Waals surface area (Å²) in [5, 5.41) is 0. The molecule has 3 heterocycles. The molecule has 2 aliphatic heterocycles. The molecular weight excluding hydrogens is 249 g/mol. The Balaban J connectivity index is 1.85. The Kier molecular flexibility index (Phi) is 3.36. The number of halogens is 1. The molecule has 0 aromatic carbocycles. The van der Waals surface area contributed by atoms with Crippen LogP contribution in [0.25, 0.3) is 0 Å². The Morgan fingerprint density at radius 2 is 2.32 bits per heavy atom. The first-order valence-electron chi connectivity index (χ1n) is 6.70. The summed E-state index contributed by atoms with van der Waals surface area (Å²) < 4.78 is 25.6. The molecular formula is C13H18FN3O2. The second kappa shape index (κ2) is 5.02. The lowest BCUT2D eigenvalue weighted by Gasteiger charge is -2.40. The molecule has 2 fully saturated rings. The minimum absolute atomic E-state index is 0.290. The molecule has 2 saturated heterocycles. The monoisotopic (exact) mass is 267 g/mol. The van der Waals surface area contributed by atoms with Gasteiger partial charge >= 0.3 is 0 Å². The summed E-state index contributed by atoms with van der Waals surface area (Å²) in [6, 6.07) is 0. The van der Waals surface area contributed by atoms with Crippen molar-refractivity contribution in [3.63, 3.8) is 0 Å². The zero-order valence-electron chi connectivity index (χ0n) is 11.1. The molecule has 0 amide bonds. The van der Waals surface area contributed by atoms with Gasteiger partial charge in [-0.15, -0.1) is 0 Å². The summed E-state index contributed by atoms with van der Waals surface area (Å²) in [7, 11) is 0. The number of hydrogen-bond acceptors (Lipinski definition) is 5. The van der Waals surface area contributed by atoms with Gasteiger partial charge in [0.25, 0.3) is 0 Å². The number of ether oxygens (including phenoxy) is 2. The Hall–Kier alpha value is -1.27. The van der Waals surface area contributed by atoms with Crippen LogP contribution in [0.2, 0.25) is 0 Å². The number of hydrogen-bond donors (Lipinski definition) is 0. The van der Waals surface area contributed by atoms with E-state index in [9.17, 15) is 4.39 Å². The maximum atomic E-state index is 14.3. The Labute approximate surface area is 111 Å². The molecule has 1 aromatic rings. The van der Waals surface area contributed by atoms with Crippen molar-refractivity contribution in [2.24, 2.45) is 0 Å². The van der Waals surface area contributed by atoms with Gasteiger partial charge in [0.05, 0.1) is 25.5 Å². The molecule has 5 nitrogen and oxygen atoms in total. The van der Waals surface area contributed by atoms with Gasteiger partial charge in [-0.1, -0.05) is 6.92 Å². The zero-order valence-corrected chi connectivity index (χ0v) is 11.1. The van der Waals surface area contributed by atoms with Crippen LogP contribution in [0, 0.1) is 5.82 Å². The molecule has 0 radical (unpaired) electrons. The molecule has 2 aliphatic rings. The van der Waals surface area contributed by atoms with Crippen molar-refractivity contribution in [2.45, 2.75) is 25.4 Å². The number of nitrogens with zero attached hydrogens (tertiary/aromatic N) is 3. The van der Waals surface area contributed by atoms with Gasteiger partial charge in [-0.25, -0.2) is 14.4 Å². The summed E-state index contributed by atoms with van der Waals surface area (Å²) in [6.07, 6.45) is 2.86. The van der Waals surface area contributed by atoms with E-state index in [1.54, 1.807) is 0 Å². The van der Waals surface area contributed by atoms with Crippen LogP contribution >= 0.6 is 0 Å². The third-order valence-electron chi connectivity index (χ3n) is 3.79. The number of aromatic nitrogens is 2. The van der Waals surface area contributed by atoms with E-state index in [0.717, 1.165) is 6.42 Å². The first-order valence-corrected chi connectivity index (χ1v) is 6.70. The summed E-state index contributed by atoms with van der Waals surface area (Å²) >= 11 is 0. The second-order valence-corrected chi connectivity index (χ2v) is 5.07. The molecule has 0 aliphatic carbocycles. The molecule has 104 valence electrons. The van der Waals surface area contributed by atoms with Crippen LogP contribution in [-0.4, -0.2) is 48.5 Å². The standard InChI is InChI=1S/C13H18FN3O2/c1-2-10-11(14)12(16-9-15-10)17-4-6-19-13(7-17)3-5-18-8-13/h9H,2-8H2,1H3. The predicted molar refractivity (Wildman–Crippen MR) is 67.7 cm³/mol. The maximum Gasteiger partial charge on any atom is 0.187 e. The van der Waals surface area contributed by atoms with Crippen LogP contribution in [0.1, 0.15) is 19.0 Å². The van der Waals surface area contributed by atoms with Crippen molar-refractivity contribution < 1.29 is 13.9 Å². The van der Waals surface area contributed by atoms with Crippen molar-refractivity contribution in [3.05, 3.63) is 17.8 Å².